The third-order valence-corrected chi connectivity index (χ3v) is 3.96. The summed E-state index contributed by atoms with van der Waals surface area (Å²) in [5, 5.41) is 0. The molecule has 6 nitrogen and oxygen atoms in total. The van der Waals surface area contributed by atoms with Crippen LogP contribution in [0.3, 0.4) is 0 Å². The maximum atomic E-state index is 12.3. The molecule has 122 valence electrons. The van der Waals surface area contributed by atoms with Crippen molar-refractivity contribution in [2.75, 3.05) is 26.9 Å². The lowest BCUT2D eigenvalue weighted by Crippen LogP contribution is -2.45. The van der Waals surface area contributed by atoms with Gasteiger partial charge in [-0.05, 0) is 17.7 Å². The smallest absolute Gasteiger partial charge is 0.212 e. The van der Waals surface area contributed by atoms with E-state index in [9.17, 15) is 4.79 Å². The monoisotopic (exact) mass is 316 g/mol. The van der Waals surface area contributed by atoms with Crippen molar-refractivity contribution < 1.29 is 18.7 Å². The van der Waals surface area contributed by atoms with Gasteiger partial charge in [-0.15, -0.1) is 0 Å². The fraction of sp³-hybridized carbons (Fsp3) is 0.412. The number of nitrogens with zero attached hydrogens (tertiary/aromatic N) is 2. The van der Waals surface area contributed by atoms with Gasteiger partial charge in [0.15, 0.2) is 11.5 Å². The van der Waals surface area contributed by atoms with Crippen LogP contribution in [-0.2, 0) is 11.3 Å². The maximum absolute atomic E-state index is 12.3. The number of Topliss-reactive ketones (excluding diaryl/α,β-unsaturated/α-hetero) is 1. The zero-order valence-electron chi connectivity index (χ0n) is 13.1. The largest absolute Gasteiger partial charge is 0.481 e. The van der Waals surface area contributed by atoms with Crippen molar-refractivity contribution in [2.24, 2.45) is 0 Å². The van der Waals surface area contributed by atoms with E-state index in [0.29, 0.717) is 31.3 Å². The van der Waals surface area contributed by atoms with Crippen molar-refractivity contribution in [3.05, 3.63) is 48.0 Å². The van der Waals surface area contributed by atoms with Gasteiger partial charge in [0.2, 0.25) is 5.88 Å². The highest BCUT2D eigenvalue weighted by Crippen LogP contribution is 2.18. The molecule has 1 aliphatic heterocycles. The third kappa shape index (κ3) is 3.97. The van der Waals surface area contributed by atoms with E-state index >= 15 is 0 Å². The Balaban J connectivity index is 1.64. The topological polar surface area (TPSA) is 64.8 Å². The van der Waals surface area contributed by atoms with E-state index in [0.717, 1.165) is 18.7 Å². The molecule has 2 aromatic heterocycles. The van der Waals surface area contributed by atoms with Crippen molar-refractivity contribution in [3.8, 4) is 5.88 Å². The molecule has 1 atom stereocenters. The van der Waals surface area contributed by atoms with Crippen LogP contribution in [0.25, 0.3) is 0 Å². The predicted octanol–water partition coefficient (Wildman–Crippen LogP) is 2.16. The molecule has 0 saturated carbocycles. The van der Waals surface area contributed by atoms with Gasteiger partial charge >= 0.3 is 0 Å². The molecule has 3 heterocycles. The highest BCUT2D eigenvalue weighted by Gasteiger charge is 2.26. The van der Waals surface area contributed by atoms with E-state index < -0.39 is 0 Å². The molecule has 0 unspecified atom stereocenters. The summed E-state index contributed by atoms with van der Waals surface area (Å²) in [5.41, 5.74) is 1.09. The second-order valence-electron chi connectivity index (χ2n) is 5.51. The molecule has 2 aromatic rings. The van der Waals surface area contributed by atoms with Crippen molar-refractivity contribution in [3.63, 3.8) is 0 Å². The van der Waals surface area contributed by atoms with Gasteiger partial charge in [0.25, 0.3) is 0 Å². The Morgan fingerprint density at radius 2 is 2.35 bits per heavy atom. The first-order valence-corrected chi connectivity index (χ1v) is 7.63. The van der Waals surface area contributed by atoms with Crippen LogP contribution in [0.5, 0.6) is 5.88 Å². The van der Waals surface area contributed by atoms with Crippen LogP contribution in [0.15, 0.2) is 41.1 Å². The first-order chi connectivity index (χ1) is 11.3. The van der Waals surface area contributed by atoms with E-state index in [1.165, 1.54) is 6.26 Å². The minimum Gasteiger partial charge on any atom is -0.481 e. The minimum atomic E-state index is 0.00311. The number of carbonyl (C=O) groups is 1. The summed E-state index contributed by atoms with van der Waals surface area (Å²) in [6.45, 7) is 2.75. The summed E-state index contributed by atoms with van der Waals surface area (Å²) in [6.07, 6.45) is 3.71. The summed E-state index contributed by atoms with van der Waals surface area (Å²) in [4.78, 5) is 18.7. The van der Waals surface area contributed by atoms with Gasteiger partial charge in [0.05, 0.1) is 26.6 Å². The third-order valence-electron chi connectivity index (χ3n) is 3.96. The van der Waals surface area contributed by atoms with Crippen molar-refractivity contribution in [1.82, 2.24) is 9.88 Å². The molecule has 0 aliphatic carbocycles. The molecule has 1 saturated heterocycles. The Bertz CT molecular complexity index is 625. The number of ketones is 1. The molecule has 1 aliphatic rings. The van der Waals surface area contributed by atoms with Crippen LogP contribution in [0.2, 0.25) is 0 Å². The standard InChI is InChI=1S/C17H20N2O4/c1-21-17-5-4-13(10-18-17)11-19-6-8-22-12-14(19)9-15(20)16-3-2-7-23-16/h2-5,7,10,14H,6,8-9,11-12H2,1H3/t14-/m0/s1. The zero-order chi connectivity index (χ0) is 16.1. The number of methoxy groups -OCH3 is 1. The van der Waals surface area contributed by atoms with E-state index in [1.807, 2.05) is 12.1 Å². The Kier molecular flexibility index (Phi) is 5.05. The Morgan fingerprint density at radius 3 is 3.04 bits per heavy atom. The molecule has 0 spiro atoms. The number of rotatable bonds is 6. The number of hydrogen-bond acceptors (Lipinski definition) is 6. The first kappa shape index (κ1) is 15.7. The Hall–Kier alpha value is -2.18. The van der Waals surface area contributed by atoms with Gasteiger partial charge in [0.1, 0.15) is 0 Å². The number of ether oxygens (including phenoxy) is 2. The normalized spacial score (nSPS) is 18.7. The second-order valence-corrected chi connectivity index (χ2v) is 5.51. The molecule has 0 amide bonds. The quantitative estimate of drug-likeness (QED) is 0.761. The minimum absolute atomic E-state index is 0.00311. The Labute approximate surface area is 135 Å². The molecule has 1 fully saturated rings. The number of morpholine rings is 1. The van der Waals surface area contributed by atoms with Gasteiger partial charge in [-0.3, -0.25) is 9.69 Å². The summed E-state index contributed by atoms with van der Waals surface area (Å²) in [6, 6.07) is 7.31. The molecule has 6 heteroatoms. The number of furan rings is 1. The lowest BCUT2D eigenvalue weighted by atomic mass is 10.1. The molecular formula is C17H20N2O4. The number of aromatic nitrogens is 1. The van der Waals surface area contributed by atoms with Crippen molar-refractivity contribution >= 4 is 5.78 Å². The fourth-order valence-corrected chi connectivity index (χ4v) is 2.70. The fourth-order valence-electron chi connectivity index (χ4n) is 2.70. The van der Waals surface area contributed by atoms with Gasteiger partial charge < -0.3 is 13.9 Å². The Morgan fingerprint density at radius 1 is 1.43 bits per heavy atom. The zero-order valence-corrected chi connectivity index (χ0v) is 13.1. The first-order valence-electron chi connectivity index (χ1n) is 7.63. The van der Waals surface area contributed by atoms with Crippen molar-refractivity contribution in [2.45, 2.75) is 19.0 Å². The van der Waals surface area contributed by atoms with Gasteiger partial charge in [-0.2, -0.15) is 0 Å². The van der Waals surface area contributed by atoms with Crippen LogP contribution in [0.1, 0.15) is 22.5 Å². The van der Waals surface area contributed by atoms with Gasteiger partial charge in [-0.1, -0.05) is 6.07 Å². The summed E-state index contributed by atoms with van der Waals surface area (Å²) >= 11 is 0. The molecule has 0 bridgehead atoms. The van der Waals surface area contributed by atoms with E-state index in [1.54, 1.807) is 25.4 Å². The van der Waals surface area contributed by atoms with Crippen LogP contribution in [-0.4, -0.2) is 48.6 Å². The summed E-state index contributed by atoms with van der Waals surface area (Å²) in [7, 11) is 1.60. The van der Waals surface area contributed by atoms with E-state index in [-0.39, 0.29) is 11.8 Å². The maximum Gasteiger partial charge on any atom is 0.212 e. The van der Waals surface area contributed by atoms with E-state index in [2.05, 4.69) is 9.88 Å². The highest BCUT2D eigenvalue weighted by atomic mass is 16.5. The second kappa shape index (κ2) is 7.39. The number of carbonyl (C=O) groups excluding carboxylic acids is 1. The van der Waals surface area contributed by atoms with Crippen molar-refractivity contribution in [1.29, 1.82) is 0 Å². The average molecular weight is 316 g/mol. The van der Waals surface area contributed by atoms with Crippen LogP contribution in [0.4, 0.5) is 0 Å². The summed E-state index contributed by atoms with van der Waals surface area (Å²) in [5.74, 6) is 1.00. The van der Waals surface area contributed by atoms with Gasteiger partial charge in [0, 0.05) is 37.8 Å². The van der Waals surface area contributed by atoms with Crippen LogP contribution >= 0.6 is 0 Å². The van der Waals surface area contributed by atoms with Gasteiger partial charge in [-0.25, -0.2) is 4.98 Å². The number of pyridine rings is 1. The predicted molar refractivity (Wildman–Crippen MR) is 83.5 cm³/mol. The SMILES string of the molecule is COc1ccc(CN2CCOC[C@@H]2CC(=O)c2ccco2)cn1. The molecule has 0 N–H and O–H groups in total. The molecule has 0 aromatic carbocycles. The lowest BCUT2D eigenvalue weighted by molar-refractivity contribution is -0.0128. The molecular weight excluding hydrogens is 296 g/mol. The molecule has 23 heavy (non-hydrogen) atoms. The van der Waals surface area contributed by atoms with E-state index in [4.69, 9.17) is 13.9 Å². The lowest BCUT2D eigenvalue weighted by Gasteiger charge is -2.35. The molecule has 3 rings (SSSR count). The highest BCUT2D eigenvalue weighted by molar-refractivity contribution is 5.93. The average Bonchev–Trinajstić information content (AvgIpc) is 3.12. The summed E-state index contributed by atoms with van der Waals surface area (Å²) < 4.78 is 15.8. The molecule has 0 radical (unpaired) electrons. The number of hydrogen-bond donors (Lipinski definition) is 0. The van der Waals surface area contributed by atoms with Crippen LogP contribution in [0, 0.1) is 0 Å². The van der Waals surface area contributed by atoms with Crippen LogP contribution < -0.4 is 4.74 Å².